The predicted octanol–water partition coefficient (Wildman–Crippen LogP) is 1.72. The molecule has 1 atom stereocenters. The average molecular weight is 429 g/mol. The number of ether oxygens (including phenoxy) is 1. The van der Waals surface area contributed by atoms with Gasteiger partial charge in [-0.1, -0.05) is 31.1 Å². The second-order valence-corrected chi connectivity index (χ2v) is 7.83. The lowest BCUT2D eigenvalue weighted by molar-refractivity contribution is -0.134. The van der Waals surface area contributed by atoms with Gasteiger partial charge in [-0.2, -0.15) is 4.98 Å². The molecule has 10 heteroatoms. The number of carbonyl (C=O) groups excluding carboxylic acids is 3. The number of aryl methyl sites for hydroxylation is 1. The molecule has 2 N–H and O–H groups in total. The zero-order valence-electron chi connectivity index (χ0n) is 18.1. The summed E-state index contributed by atoms with van der Waals surface area (Å²) in [5, 5.41) is 9.29. The Kier molecular flexibility index (Phi) is 6.57. The van der Waals surface area contributed by atoms with Gasteiger partial charge < -0.3 is 19.9 Å². The summed E-state index contributed by atoms with van der Waals surface area (Å²) in [6.07, 6.45) is 1.12. The van der Waals surface area contributed by atoms with Crippen LogP contribution >= 0.6 is 0 Å². The molecular weight excluding hydrogens is 402 g/mol. The van der Waals surface area contributed by atoms with Crippen LogP contribution < -0.4 is 15.4 Å². The van der Waals surface area contributed by atoms with Crippen LogP contribution in [-0.4, -0.2) is 53.1 Å². The summed E-state index contributed by atoms with van der Waals surface area (Å²) in [7, 11) is 1.55. The molecule has 1 aromatic heterocycles. The molecule has 0 aliphatic carbocycles. The van der Waals surface area contributed by atoms with E-state index in [9.17, 15) is 14.4 Å². The SMILES string of the molecule is COc1ccc(C2(C)NC(=O)N(CC(=O)NCCCc3nc(C(C)C)no3)C2=O)cc1. The first-order valence-electron chi connectivity index (χ1n) is 10.1. The number of imide groups is 1. The molecular formula is C21H27N5O5. The van der Waals surface area contributed by atoms with Gasteiger partial charge in [-0.25, -0.2) is 4.79 Å². The summed E-state index contributed by atoms with van der Waals surface area (Å²) in [4.78, 5) is 42.7. The minimum atomic E-state index is -1.24. The fourth-order valence-corrected chi connectivity index (χ4v) is 3.23. The van der Waals surface area contributed by atoms with Crippen molar-refractivity contribution >= 4 is 17.8 Å². The standard InChI is InChI=1S/C21H27N5O5/c1-13(2)18-23-17(31-25-18)6-5-11-22-16(27)12-26-19(28)21(3,24-20(26)29)14-7-9-15(30-4)10-8-14/h7-10,13H,5-6,11-12H2,1-4H3,(H,22,27)(H,24,29). The van der Waals surface area contributed by atoms with Gasteiger partial charge in [-0.3, -0.25) is 14.5 Å². The van der Waals surface area contributed by atoms with Crippen molar-refractivity contribution in [2.75, 3.05) is 20.2 Å². The van der Waals surface area contributed by atoms with Crippen molar-refractivity contribution in [2.24, 2.45) is 0 Å². The van der Waals surface area contributed by atoms with E-state index in [0.717, 1.165) is 4.90 Å². The highest BCUT2D eigenvalue weighted by molar-refractivity contribution is 6.09. The number of nitrogens with one attached hydrogen (secondary N) is 2. The Bertz CT molecular complexity index is 955. The number of aromatic nitrogens is 2. The van der Waals surface area contributed by atoms with Crippen molar-refractivity contribution in [3.05, 3.63) is 41.5 Å². The number of benzene rings is 1. The molecule has 0 saturated carbocycles. The van der Waals surface area contributed by atoms with Crippen molar-refractivity contribution < 1.29 is 23.6 Å². The van der Waals surface area contributed by atoms with E-state index in [-0.39, 0.29) is 12.5 Å². The molecule has 2 heterocycles. The molecule has 1 aliphatic heterocycles. The minimum Gasteiger partial charge on any atom is -0.497 e. The number of carbonyl (C=O) groups is 3. The van der Waals surface area contributed by atoms with Crippen molar-refractivity contribution in [3.63, 3.8) is 0 Å². The summed E-state index contributed by atoms with van der Waals surface area (Å²) in [6.45, 7) is 5.57. The average Bonchev–Trinajstić information content (AvgIpc) is 3.31. The van der Waals surface area contributed by atoms with Crippen LogP contribution in [0.1, 0.15) is 50.4 Å². The van der Waals surface area contributed by atoms with E-state index in [1.54, 1.807) is 38.3 Å². The number of methoxy groups -OCH3 is 1. The van der Waals surface area contributed by atoms with Crippen LogP contribution in [0.3, 0.4) is 0 Å². The summed E-state index contributed by atoms with van der Waals surface area (Å²) < 4.78 is 10.3. The maximum atomic E-state index is 12.9. The molecule has 1 saturated heterocycles. The molecule has 0 bridgehead atoms. The van der Waals surface area contributed by atoms with Crippen LogP contribution in [0.4, 0.5) is 4.79 Å². The predicted molar refractivity (Wildman–Crippen MR) is 110 cm³/mol. The van der Waals surface area contributed by atoms with E-state index in [4.69, 9.17) is 9.26 Å². The third kappa shape index (κ3) is 4.84. The Balaban J connectivity index is 1.51. The van der Waals surface area contributed by atoms with Crippen molar-refractivity contribution in [1.29, 1.82) is 0 Å². The third-order valence-electron chi connectivity index (χ3n) is 5.13. The first kappa shape index (κ1) is 22.3. The van der Waals surface area contributed by atoms with Crippen molar-refractivity contribution in [2.45, 2.75) is 45.1 Å². The first-order chi connectivity index (χ1) is 14.7. The molecule has 166 valence electrons. The van der Waals surface area contributed by atoms with Crippen LogP contribution in [0.25, 0.3) is 0 Å². The highest BCUT2D eigenvalue weighted by Gasteiger charge is 2.49. The van der Waals surface area contributed by atoms with Gasteiger partial charge in [0.05, 0.1) is 7.11 Å². The lowest BCUT2D eigenvalue weighted by Crippen LogP contribution is -2.43. The maximum absolute atomic E-state index is 12.9. The van der Waals surface area contributed by atoms with E-state index < -0.39 is 23.4 Å². The van der Waals surface area contributed by atoms with Crippen LogP contribution in [0.2, 0.25) is 0 Å². The van der Waals surface area contributed by atoms with E-state index in [0.29, 0.717) is 42.4 Å². The van der Waals surface area contributed by atoms with Crippen LogP contribution in [0.15, 0.2) is 28.8 Å². The van der Waals surface area contributed by atoms with E-state index in [1.165, 1.54) is 0 Å². The van der Waals surface area contributed by atoms with Crippen molar-refractivity contribution in [3.8, 4) is 5.75 Å². The summed E-state index contributed by atoms with van der Waals surface area (Å²) in [5.74, 6) is 1.09. The molecule has 4 amide bonds. The number of urea groups is 1. The number of nitrogens with zero attached hydrogens (tertiary/aromatic N) is 3. The third-order valence-corrected chi connectivity index (χ3v) is 5.13. The van der Waals surface area contributed by atoms with E-state index in [2.05, 4.69) is 20.8 Å². The van der Waals surface area contributed by atoms with Crippen LogP contribution in [0.5, 0.6) is 5.75 Å². The molecule has 0 spiro atoms. The van der Waals surface area contributed by atoms with Crippen LogP contribution in [0, 0.1) is 0 Å². The zero-order chi connectivity index (χ0) is 22.6. The normalized spacial score (nSPS) is 18.4. The second kappa shape index (κ2) is 9.15. The van der Waals surface area contributed by atoms with Gasteiger partial charge >= 0.3 is 6.03 Å². The van der Waals surface area contributed by atoms with Gasteiger partial charge in [0, 0.05) is 18.9 Å². The largest absolute Gasteiger partial charge is 0.497 e. The summed E-state index contributed by atoms with van der Waals surface area (Å²) in [6, 6.07) is 6.24. The smallest absolute Gasteiger partial charge is 0.325 e. The number of amides is 4. The Morgan fingerprint density at radius 1 is 1.29 bits per heavy atom. The number of hydrogen-bond donors (Lipinski definition) is 2. The fraction of sp³-hybridized carbons (Fsp3) is 0.476. The minimum absolute atomic E-state index is 0.185. The molecule has 3 rings (SSSR count). The van der Waals surface area contributed by atoms with Gasteiger partial charge in [0.1, 0.15) is 17.8 Å². The Hall–Kier alpha value is -3.43. The first-order valence-corrected chi connectivity index (χ1v) is 10.1. The van der Waals surface area contributed by atoms with Gasteiger partial charge in [0.2, 0.25) is 11.8 Å². The molecule has 31 heavy (non-hydrogen) atoms. The lowest BCUT2D eigenvalue weighted by Gasteiger charge is -2.22. The lowest BCUT2D eigenvalue weighted by atomic mass is 9.92. The zero-order valence-corrected chi connectivity index (χ0v) is 18.1. The molecule has 1 fully saturated rings. The Morgan fingerprint density at radius 3 is 2.61 bits per heavy atom. The second-order valence-electron chi connectivity index (χ2n) is 7.83. The van der Waals surface area contributed by atoms with E-state index >= 15 is 0 Å². The highest BCUT2D eigenvalue weighted by Crippen LogP contribution is 2.29. The molecule has 1 aromatic carbocycles. The quantitative estimate of drug-likeness (QED) is 0.459. The highest BCUT2D eigenvalue weighted by atomic mass is 16.5. The topological polar surface area (TPSA) is 127 Å². The Morgan fingerprint density at radius 2 is 2.00 bits per heavy atom. The maximum Gasteiger partial charge on any atom is 0.325 e. The molecule has 1 unspecified atom stereocenters. The number of rotatable bonds is 9. The number of hydrogen-bond acceptors (Lipinski definition) is 7. The fourth-order valence-electron chi connectivity index (χ4n) is 3.23. The van der Waals surface area contributed by atoms with Gasteiger partial charge in [-0.15, -0.1) is 0 Å². The van der Waals surface area contributed by atoms with Gasteiger partial charge in [0.15, 0.2) is 5.82 Å². The van der Waals surface area contributed by atoms with Gasteiger partial charge in [0.25, 0.3) is 5.91 Å². The Labute approximate surface area is 180 Å². The van der Waals surface area contributed by atoms with E-state index in [1.807, 2.05) is 13.8 Å². The van der Waals surface area contributed by atoms with Crippen LogP contribution in [-0.2, 0) is 21.5 Å². The molecule has 10 nitrogen and oxygen atoms in total. The summed E-state index contributed by atoms with van der Waals surface area (Å²) in [5.41, 5.74) is -0.634. The molecule has 0 radical (unpaired) electrons. The molecule has 2 aromatic rings. The van der Waals surface area contributed by atoms with Crippen molar-refractivity contribution in [1.82, 2.24) is 25.7 Å². The molecule has 1 aliphatic rings. The monoisotopic (exact) mass is 429 g/mol. The van der Waals surface area contributed by atoms with Gasteiger partial charge in [-0.05, 0) is 31.0 Å². The summed E-state index contributed by atoms with van der Waals surface area (Å²) >= 11 is 0.